The van der Waals surface area contributed by atoms with Crippen molar-refractivity contribution < 1.29 is 19.1 Å². The van der Waals surface area contributed by atoms with E-state index in [0.717, 1.165) is 4.57 Å². The number of carbonyl (C=O) groups excluding carboxylic acids is 2. The number of carbonyl (C=O) groups is 2. The van der Waals surface area contributed by atoms with Crippen LogP contribution >= 0.6 is 0 Å². The Hall–Kier alpha value is -3.69. The van der Waals surface area contributed by atoms with Gasteiger partial charge in [-0.05, 0) is 30.7 Å². The van der Waals surface area contributed by atoms with Crippen LogP contribution in [0.4, 0.5) is 0 Å². The minimum atomic E-state index is -0.512. The Bertz CT molecular complexity index is 1200. The van der Waals surface area contributed by atoms with E-state index in [0.29, 0.717) is 29.8 Å². The molecule has 0 saturated carbocycles. The van der Waals surface area contributed by atoms with E-state index in [9.17, 15) is 19.2 Å². The van der Waals surface area contributed by atoms with Crippen molar-refractivity contribution in [3.8, 4) is 5.75 Å². The number of methoxy groups -OCH3 is 1. The zero-order chi connectivity index (χ0) is 21.8. The second-order valence-corrected chi connectivity index (χ2v) is 6.73. The molecule has 3 aromatic rings. The van der Waals surface area contributed by atoms with Crippen molar-refractivity contribution in [2.24, 2.45) is 14.1 Å². The van der Waals surface area contributed by atoms with Gasteiger partial charge in [-0.3, -0.25) is 23.5 Å². The normalized spacial score (nSPS) is 10.9. The van der Waals surface area contributed by atoms with Gasteiger partial charge in [-0.1, -0.05) is 0 Å². The van der Waals surface area contributed by atoms with Crippen LogP contribution in [-0.2, 0) is 30.2 Å². The standard InChI is InChI=1S/C20H22N4O6/c1-22-18-17(19(27)23(2)20(22)28)24(12-21-18)10-4-5-16(26)30-11-15(25)13-6-8-14(29-3)9-7-13/h6-9,12H,4-5,10-11H2,1-3H3. The summed E-state index contributed by atoms with van der Waals surface area (Å²) in [6.07, 6.45) is 1.92. The number of Topliss-reactive ketones (excluding diaryl/α,β-unsaturated/α-hetero) is 1. The molecule has 0 saturated heterocycles. The Balaban J connectivity index is 1.55. The highest BCUT2D eigenvalue weighted by molar-refractivity contribution is 5.98. The summed E-state index contributed by atoms with van der Waals surface area (Å²) in [4.78, 5) is 52.5. The van der Waals surface area contributed by atoms with Gasteiger partial charge in [0, 0.05) is 32.6 Å². The molecule has 0 aliphatic rings. The van der Waals surface area contributed by atoms with E-state index in [1.165, 1.54) is 25.1 Å². The Kier molecular flexibility index (Phi) is 6.14. The van der Waals surface area contributed by atoms with E-state index < -0.39 is 17.2 Å². The van der Waals surface area contributed by atoms with Crippen LogP contribution in [0.25, 0.3) is 11.2 Å². The molecule has 0 radical (unpaired) electrons. The maximum atomic E-state index is 12.4. The summed E-state index contributed by atoms with van der Waals surface area (Å²) in [7, 11) is 4.47. The molecule has 0 atom stereocenters. The molecule has 1 aromatic carbocycles. The highest BCUT2D eigenvalue weighted by Gasteiger charge is 2.15. The zero-order valence-corrected chi connectivity index (χ0v) is 17.0. The first-order valence-electron chi connectivity index (χ1n) is 9.27. The van der Waals surface area contributed by atoms with E-state index in [2.05, 4.69) is 4.98 Å². The summed E-state index contributed by atoms with van der Waals surface area (Å²) in [5, 5.41) is 0. The first-order valence-corrected chi connectivity index (χ1v) is 9.27. The van der Waals surface area contributed by atoms with Gasteiger partial charge in [0.2, 0.25) is 0 Å². The van der Waals surface area contributed by atoms with Gasteiger partial charge in [-0.15, -0.1) is 0 Å². The van der Waals surface area contributed by atoms with Crippen molar-refractivity contribution in [2.75, 3.05) is 13.7 Å². The number of hydrogen-bond donors (Lipinski definition) is 0. The van der Waals surface area contributed by atoms with Crippen LogP contribution in [0.5, 0.6) is 5.75 Å². The fraction of sp³-hybridized carbons (Fsp3) is 0.350. The molecular weight excluding hydrogens is 392 g/mol. The Morgan fingerprint density at radius 2 is 1.77 bits per heavy atom. The summed E-state index contributed by atoms with van der Waals surface area (Å²) in [5.41, 5.74) is 0.106. The Morgan fingerprint density at radius 3 is 2.43 bits per heavy atom. The van der Waals surface area contributed by atoms with Crippen LogP contribution in [0.3, 0.4) is 0 Å². The molecule has 0 bridgehead atoms. The number of nitrogens with zero attached hydrogens (tertiary/aromatic N) is 4. The van der Waals surface area contributed by atoms with Gasteiger partial charge in [0.05, 0.1) is 13.4 Å². The second kappa shape index (κ2) is 8.76. The molecule has 10 nitrogen and oxygen atoms in total. The summed E-state index contributed by atoms with van der Waals surface area (Å²) in [6, 6.07) is 6.52. The number of hydrogen-bond acceptors (Lipinski definition) is 7. The van der Waals surface area contributed by atoms with Crippen molar-refractivity contribution in [3.63, 3.8) is 0 Å². The van der Waals surface area contributed by atoms with E-state index >= 15 is 0 Å². The second-order valence-electron chi connectivity index (χ2n) is 6.73. The van der Waals surface area contributed by atoms with Crippen LogP contribution < -0.4 is 16.0 Å². The molecule has 30 heavy (non-hydrogen) atoms. The molecule has 3 rings (SSSR count). The molecule has 0 aliphatic carbocycles. The molecule has 0 amide bonds. The van der Waals surface area contributed by atoms with Crippen molar-refractivity contribution in [1.29, 1.82) is 0 Å². The fourth-order valence-corrected chi connectivity index (χ4v) is 3.04. The maximum absolute atomic E-state index is 12.4. The quantitative estimate of drug-likeness (QED) is 0.393. The summed E-state index contributed by atoms with van der Waals surface area (Å²) >= 11 is 0. The van der Waals surface area contributed by atoms with Crippen LogP contribution in [0, 0.1) is 0 Å². The lowest BCUT2D eigenvalue weighted by atomic mass is 10.1. The van der Waals surface area contributed by atoms with Gasteiger partial charge in [0.15, 0.2) is 23.6 Å². The van der Waals surface area contributed by atoms with E-state index in [1.54, 1.807) is 35.9 Å². The molecule has 0 unspecified atom stereocenters. The fourth-order valence-electron chi connectivity index (χ4n) is 3.04. The molecule has 158 valence electrons. The SMILES string of the molecule is COc1ccc(C(=O)COC(=O)CCCn2cnc3c2c(=O)n(C)c(=O)n3C)cc1. The number of aromatic nitrogens is 4. The minimum absolute atomic E-state index is 0.0711. The van der Waals surface area contributed by atoms with E-state index in [1.807, 2.05) is 0 Å². The largest absolute Gasteiger partial charge is 0.497 e. The molecule has 2 heterocycles. The lowest BCUT2D eigenvalue weighted by molar-refractivity contribution is -0.142. The lowest BCUT2D eigenvalue weighted by Gasteiger charge is -2.07. The van der Waals surface area contributed by atoms with Gasteiger partial charge in [0.1, 0.15) is 5.75 Å². The third kappa shape index (κ3) is 4.17. The third-order valence-corrected chi connectivity index (χ3v) is 4.77. The molecule has 10 heteroatoms. The maximum Gasteiger partial charge on any atom is 0.332 e. The monoisotopic (exact) mass is 414 g/mol. The summed E-state index contributed by atoms with van der Waals surface area (Å²) in [6.45, 7) is -0.00665. The van der Waals surface area contributed by atoms with Crippen molar-refractivity contribution in [2.45, 2.75) is 19.4 Å². The van der Waals surface area contributed by atoms with Crippen molar-refractivity contribution in [1.82, 2.24) is 18.7 Å². The molecule has 0 spiro atoms. The average molecular weight is 414 g/mol. The summed E-state index contributed by atoms with van der Waals surface area (Å²) in [5.74, 6) is -0.192. The smallest absolute Gasteiger partial charge is 0.332 e. The van der Waals surface area contributed by atoms with Crippen LogP contribution in [0.1, 0.15) is 23.2 Å². The number of ether oxygens (including phenoxy) is 2. The van der Waals surface area contributed by atoms with Crippen LogP contribution in [-0.4, -0.2) is 44.2 Å². The van der Waals surface area contributed by atoms with E-state index in [4.69, 9.17) is 9.47 Å². The number of ketones is 1. The number of rotatable bonds is 8. The molecular formula is C20H22N4O6. The predicted octanol–water partition coefficient (Wildman–Crippen LogP) is 0.649. The van der Waals surface area contributed by atoms with Crippen LogP contribution in [0.2, 0.25) is 0 Å². The van der Waals surface area contributed by atoms with E-state index in [-0.39, 0.29) is 24.5 Å². The predicted molar refractivity (Wildman–Crippen MR) is 108 cm³/mol. The van der Waals surface area contributed by atoms with Crippen molar-refractivity contribution in [3.05, 3.63) is 57.0 Å². The number of benzene rings is 1. The minimum Gasteiger partial charge on any atom is -0.497 e. The van der Waals surface area contributed by atoms with Gasteiger partial charge >= 0.3 is 11.7 Å². The molecule has 0 fully saturated rings. The van der Waals surface area contributed by atoms with Gasteiger partial charge in [0.25, 0.3) is 5.56 Å². The molecule has 2 aromatic heterocycles. The number of imidazole rings is 1. The number of esters is 1. The molecule has 0 aliphatic heterocycles. The summed E-state index contributed by atoms with van der Waals surface area (Å²) < 4.78 is 14.0. The van der Waals surface area contributed by atoms with Gasteiger partial charge in [-0.2, -0.15) is 0 Å². The van der Waals surface area contributed by atoms with Gasteiger partial charge < -0.3 is 14.0 Å². The topological polar surface area (TPSA) is 114 Å². The lowest BCUT2D eigenvalue weighted by Crippen LogP contribution is -2.37. The third-order valence-electron chi connectivity index (χ3n) is 4.77. The van der Waals surface area contributed by atoms with Crippen molar-refractivity contribution >= 4 is 22.9 Å². The highest BCUT2D eigenvalue weighted by Crippen LogP contribution is 2.12. The highest BCUT2D eigenvalue weighted by atomic mass is 16.5. The first kappa shape index (κ1) is 21.0. The average Bonchev–Trinajstić information content (AvgIpc) is 3.18. The Morgan fingerprint density at radius 1 is 1.07 bits per heavy atom. The zero-order valence-electron chi connectivity index (χ0n) is 17.0. The number of fused-ring (bicyclic) bond motifs is 1. The molecule has 0 N–H and O–H groups in total. The van der Waals surface area contributed by atoms with Crippen LogP contribution in [0.15, 0.2) is 40.2 Å². The Labute approximate surface area is 171 Å². The first-order chi connectivity index (χ1) is 14.3. The number of aryl methyl sites for hydroxylation is 2. The van der Waals surface area contributed by atoms with Gasteiger partial charge in [-0.25, -0.2) is 9.78 Å².